The summed E-state index contributed by atoms with van der Waals surface area (Å²) >= 11 is 0. The van der Waals surface area contributed by atoms with Gasteiger partial charge in [0.1, 0.15) is 11.7 Å². The fraction of sp³-hybridized carbons (Fsp3) is 0.375. The molecule has 9 heteroatoms. The van der Waals surface area contributed by atoms with Crippen LogP contribution in [0.1, 0.15) is 12.0 Å². The van der Waals surface area contributed by atoms with E-state index in [4.69, 9.17) is 9.47 Å². The van der Waals surface area contributed by atoms with Crippen molar-refractivity contribution in [1.82, 2.24) is 9.78 Å². The molecule has 3 rings (SSSR count). The van der Waals surface area contributed by atoms with Crippen LogP contribution >= 0.6 is 0 Å². The highest BCUT2D eigenvalue weighted by Crippen LogP contribution is 2.34. The summed E-state index contributed by atoms with van der Waals surface area (Å²) in [6.07, 6.45) is 1.83. The van der Waals surface area contributed by atoms with Crippen LogP contribution < -0.4 is 14.8 Å². The molecule has 1 heterocycles. The zero-order chi connectivity index (χ0) is 18.0. The fourth-order valence-corrected chi connectivity index (χ4v) is 2.72. The number of hydrogen-bond acceptors (Lipinski definition) is 6. The number of benzene rings is 1. The van der Waals surface area contributed by atoms with Crippen LogP contribution in [0.15, 0.2) is 30.5 Å². The summed E-state index contributed by atoms with van der Waals surface area (Å²) in [5, 5.41) is 17.6. The predicted molar refractivity (Wildman–Crippen MR) is 88.4 cm³/mol. The summed E-state index contributed by atoms with van der Waals surface area (Å²) < 4.78 is 12.3. The van der Waals surface area contributed by atoms with Crippen molar-refractivity contribution in [3.8, 4) is 11.5 Å². The van der Waals surface area contributed by atoms with Crippen LogP contribution in [0.25, 0.3) is 0 Å². The van der Waals surface area contributed by atoms with Crippen molar-refractivity contribution >= 4 is 11.7 Å². The maximum Gasteiger partial charge on any atom is 0.235 e. The molecule has 25 heavy (non-hydrogen) atoms. The number of ether oxygens (including phenoxy) is 2. The van der Waals surface area contributed by atoms with Gasteiger partial charge in [0, 0.05) is 23.0 Å². The van der Waals surface area contributed by atoms with E-state index in [9.17, 15) is 14.9 Å². The zero-order valence-electron chi connectivity index (χ0n) is 13.8. The van der Waals surface area contributed by atoms with Crippen LogP contribution in [0.2, 0.25) is 0 Å². The van der Waals surface area contributed by atoms with Gasteiger partial charge in [-0.3, -0.25) is 14.9 Å². The molecule has 1 aliphatic carbocycles. The number of para-hydroxylation sites is 1. The van der Waals surface area contributed by atoms with Gasteiger partial charge in [-0.25, -0.2) is 4.68 Å². The number of nitrogens with one attached hydrogen (secondary N) is 1. The molecule has 2 unspecified atom stereocenters. The lowest BCUT2D eigenvalue weighted by Crippen LogP contribution is -2.21. The second-order valence-electron chi connectivity index (χ2n) is 5.71. The van der Waals surface area contributed by atoms with Crippen LogP contribution in [0, 0.1) is 16.0 Å². The summed E-state index contributed by atoms with van der Waals surface area (Å²) in [7, 11) is 3.11. The summed E-state index contributed by atoms with van der Waals surface area (Å²) in [4.78, 5) is 22.4. The number of methoxy groups -OCH3 is 2. The summed E-state index contributed by atoms with van der Waals surface area (Å²) in [5.41, 5.74) is 0.829. The number of carbonyl (C=O) groups excluding carboxylic acids is 1. The van der Waals surface area contributed by atoms with E-state index < -0.39 is 16.9 Å². The molecule has 0 radical (unpaired) electrons. The molecule has 9 nitrogen and oxygen atoms in total. The minimum absolute atomic E-state index is 0.274. The van der Waals surface area contributed by atoms with Gasteiger partial charge in [0.05, 0.1) is 27.0 Å². The first kappa shape index (κ1) is 16.7. The zero-order valence-corrected chi connectivity index (χ0v) is 13.8. The van der Waals surface area contributed by atoms with Gasteiger partial charge in [0.15, 0.2) is 11.5 Å². The number of nitro groups is 1. The molecule has 1 N–H and O–H groups in total. The van der Waals surface area contributed by atoms with Gasteiger partial charge in [-0.2, -0.15) is 5.10 Å². The molecule has 0 bridgehead atoms. The first-order valence-electron chi connectivity index (χ1n) is 7.71. The summed E-state index contributed by atoms with van der Waals surface area (Å²) in [6, 6.07) is 6.37. The molecule has 0 spiro atoms. The summed E-state index contributed by atoms with van der Waals surface area (Å²) in [6.45, 7) is 0.353. The molecule has 1 fully saturated rings. The van der Waals surface area contributed by atoms with E-state index in [2.05, 4.69) is 10.4 Å². The van der Waals surface area contributed by atoms with E-state index in [0.29, 0.717) is 23.9 Å². The van der Waals surface area contributed by atoms with Crippen LogP contribution in [-0.2, 0) is 11.3 Å². The number of carbonyl (C=O) groups is 1. The van der Waals surface area contributed by atoms with Crippen molar-refractivity contribution in [3.63, 3.8) is 0 Å². The Morgan fingerprint density at radius 3 is 2.84 bits per heavy atom. The lowest BCUT2D eigenvalue weighted by Gasteiger charge is -2.14. The largest absolute Gasteiger partial charge is 0.493 e. The van der Waals surface area contributed by atoms with Gasteiger partial charge >= 0.3 is 0 Å². The van der Waals surface area contributed by atoms with Crippen molar-refractivity contribution in [2.75, 3.05) is 19.5 Å². The van der Waals surface area contributed by atoms with Crippen molar-refractivity contribution in [2.24, 2.45) is 5.92 Å². The average Bonchev–Trinajstić information content (AvgIpc) is 3.31. The fourth-order valence-electron chi connectivity index (χ4n) is 2.72. The summed E-state index contributed by atoms with van der Waals surface area (Å²) in [5.74, 6) is 0.729. The van der Waals surface area contributed by atoms with Gasteiger partial charge in [-0.05, 0) is 6.07 Å². The second kappa shape index (κ2) is 6.80. The molecule has 1 saturated carbocycles. The highest BCUT2D eigenvalue weighted by Gasteiger charge is 2.53. The van der Waals surface area contributed by atoms with Gasteiger partial charge in [-0.15, -0.1) is 0 Å². The Kier molecular flexibility index (Phi) is 4.55. The van der Waals surface area contributed by atoms with E-state index >= 15 is 0 Å². The monoisotopic (exact) mass is 346 g/mol. The maximum atomic E-state index is 12.1. The van der Waals surface area contributed by atoms with E-state index in [-0.39, 0.29) is 12.3 Å². The van der Waals surface area contributed by atoms with E-state index in [1.165, 1.54) is 0 Å². The molecule has 132 valence electrons. The number of rotatable bonds is 7. The van der Waals surface area contributed by atoms with Gasteiger partial charge < -0.3 is 14.8 Å². The third-order valence-corrected chi connectivity index (χ3v) is 4.14. The minimum Gasteiger partial charge on any atom is -0.493 e. The number of anilines is 1. The standard InChI is InChI=1S/C16H18N4O5/c1-24-13-5-3-4-10(15(13)25-2)9-19-14(6-7-17-19)18-16(21)11-8-12(11)20(22)23/h3-7,11-12H,8-9H2,1-2H3,(H,18,21). The highest BCUT2D eigenvalue weighted by atomic mass is 16.6. The molecule has 1 aromatic carbocycles. The Bertz CT molecular complexity index is 804. The van der Waals surface area contributed by atoms with Gasteiger partial charge in [0.2, 0.25) is 11.9 Å². The Hall–Kier alpha value is -3.10. The molecule has 2 atom stereocenters. The highest BCUT2D eigenvalue weighted by molar-refractivity contribution is 5.94. The van der Waals surface area contributed by atoms with Gasteiger partial charge in [-0.1, -0.05) is 12.1 Å². The van der Waals surface area contributed by atoms with Crippen LogP contribution in [0.5, 0.6) is 11.5 Å². The molecule has 0 aliphatic heterocycles. The van der Waals surface area contributed by atoms with Crippen LogP contribution in [0.4, 0.5) is 5.82 Å². The van der Waals surface area contributed by atoms with Crippen molar-refractivity contribution in [2.45, 2.75) is 19.0 Å². The number of nitrogens with zero attached hydrogens (tertiary/aromatic N) is 3. The Morgan fingerprint density at radius 1 is 1.40 bits per heavy atom. The van der Waals surface area contributed by atoms with Crippen molar-refractivity contribution in [3.05, 3.63) is 46.1 Å². The Balaban J connectivity index is 1.75. The number of hydrogen-bond donors (Lipinski definition) is 1. The van der Waals surface area contributed by atoms with E-state index in [1.807, 2.05) is 12.1 Å². The van der Waals surface area contributed by atoms with Gasteiger partial charge in [0.25, 0.3) is 0 Å². The quantitative estimate of drug-likeness (QED) is 0.602. The van der Waals surface area contributed by atoms with Crippen LogP contribution in [0.3, 0.4) is 0 Å². The third kappa shape index (κ3) is 3.39. The first-order chi connectivity index (χ1) is 12.0. The topological polar surface area (TPSA) is 109 Å². The van der Waals surface area contributed by atoms with Crippen LogP contribution in [-0.4, -0.2) is 40.9 Å². The maximum absolute atomic E-state index is 12.1. The first-order valence-corrected chi connectivity index (χ1v) is 7.71. The lowest BCUT2D eigenvalue weighted by molar-refractivity contribution is -0.497. The Labute approximate surface area is 143 Å². The number of aromatic nitrogens is 2. The predicted octanol–water partition coefficient (Wildman–Crippen LogP) is 1.55. The average molecular weight is 346 g/mol. The molecule has 2 aromatic rings. The van der Waals surface area contributed by atoms with Crippen molar-refractivity contribution < 1.29 is 19.2 Å². The smallest absolute Gasteiger partial charge is 0.235 e. The SMILES string of the molecule is COc1cccc(Cn2nccc2NC(=O)C2CC2[N+](=O)[O-])c1OC. The van der Waals surface area contributed by atoms with E-state index in [0.717, 1.165) is 5.56 Å². The number of amides is 1. The molecule has 1 amide bonds. The second-order valence-corrected chi connectivity index (χ2v) is 5.71. The molecule has 1 aliphatic rings. The van der Waals surface area contributed by atoms with Crippen molar-refractivity contribution in [1.29, 1.82) is 0 Å². The minimum atomic E-state index is -0.783. The normalized spacial score (nSPS) is 18.5. The third-order valence-electron chi connectivity index (χ3n) is 4.14. The molecule has 1 aromatic heterocycles. The molecular formula is C16H18N4O5. The van der Waals surface area contributed by atoms with E-state index in [1.54, 1.807) is 37.2 Å². The molecule has 0 saturated heterocycles. The molecular weight excluding hydrogens is 328 g/mol. The Morgan fingerprint density at radius 2 is 2.20 bits per heavy atom. The lowest BCUT2D eigenvalue weighted by atomic mass is 10.2.